The Hall–Kier alpha value is -4.99. The summed E-state index contributed by atoms with van der Waals surface area (Å²) in [7, 11) is 0. The molecule has 0 radical (unpaired) electrons. The molecule has 0 aliphatic rings. The molecule has 0 saturated heterocycles. The topological polar surface area (TPSA) is 140 Å². The predicted molar refractivity (Wildman–Crippen MR) is 178 cm³/mol. The molecule has 10 nitrogen and oxygen atoms in total. The highest BCUT2D eigenvalue weighted by Crippen LogP contribution is 2.13. The molecule has 10 heteroatoms. The molecular weight excluding hydrogens is 598 g/mol. The number of ether oxygens (including phenoxy) is 2. The quantitative estimate of drug-likeness (QED) is 0.163. The number of benzene rings is 3. The van der Waals surface area contributed by atoms with Crippen molar-refractivity contribution in [2.45, 2.75) is 84.0 Å². The highest BCUT2D eigenvalue weighted by Gasteiger charge is 2.32. The van der Waals surface area contributed by atoms with Crippen LogP contribution in [-0.2, 0) is 36.7 Å². The largest absolute Gasteiger partial charge is 0.444 e. The summed E-state index contributed by atoms with van der Waals surface area (Å²) in [4.78, 5) is 66.1. The highest BCUT2D eigenvalue weighted by atomic mass is 16.6. The molecule has 47 heavy (non-hydrogen) atoms. The number of esters is 2. The molecule has 250 valence electrons. The second-order valence-electron chi connectivity index (χ2n) is 12.7. The Morgan fingerprint density at radius 1 is 0.660 bits per heavy atom. The lowest BCUT2D eigenvalue weighted by Crippen LogP contribution is -2.57. The normalized spacial score (nSPS) is 13.1. The van der Waals surface area contributed by atoms with Crippen LogP contribution in [0.5, 0.6) is 0 Å². The van der Waals surface area contributed by atoms with Gasteiger partial charge in [-0.05, 0) is 69.2 Å². The van der Waals surface area contributed by atoms with Gasteiger partial charge in [-0.15, -0.1) is 0 Å². The molecule has 3 rings (SSSR count). The molecule has 3 amide bonds. The Kier molecular flexibility index (Phi) is 13.7. The van der Waals surface area contributed by atoms with E-state index in [4.69, 9.17) is 9.47 Å². The summed E-state index contributed by atoms with van der Waals surface area (Å²) in [6, 6.07) is 23.3. The minimum atomic E-state index is -1.22. The molecule has 0 bridgehead atoms. The number of carbonyl (C=O) groups is 5. The van der Waals surface area contributed by atoms with E-state index in [0.717, 1.165) is 11.1 Å². The van der Waals surface area contributed by atoms with E-state index in [1.54, 1.807) is 63.2 Å². The molecule has 0 saturated carbocycles. The van der Waals surface area contributed by atoms with Crippen molar-refractivity contribution < 1.29 is 33.4 Å². The van der Waals surface area contributed by atoms with Crippen molar-refractivity contribution in [2.24, 2.45) is 5.92 Å². The third-order valence-electron chi connectivity index (χ3n) is 7.00. The second kappa shape index (κ2) is 17.6. The molecule has 3 aromatic rings. The van der Waals surface area contributed by atoms with Crippen molar-refractivity contribution in [1.29, 1.82) is 0 Å². The molecule has 0 fully saturated rings. The van der Waals surface area contributed by atoms with E-state index >= 15 is 0 Å². The number of carbonyl (C=O) groups excluding carboxylic acids is 5. The standard InChI is InChI=1S/C37H45N3O7/c1-25(2)23-30(38-32(41)29(40-36(45)47-37(3,4)5)22-21-26-15-9-6-10-16-26)33(42)39-31(24-27-17-11-7-12-18-27)35(44)46-34(43)28-19-13-8-14-20-28/h6-20,25,29-31H,21-24H2,1-5H3,(H,38,41)(H,39,42)(H,40,45)/t29-,30?,31-/m0/s1. The number of alkyl carbamates (subject to hydrolysis) is 1. The van der Waals surface area contributed by atoms with Crippen molar-refractivity contribution in [2.75, 3.05) is 0 Å². The van der Waals surface area contributed by atoms with Gasteiger partial charge in [-0.3, -0.25) is 9.59 Å². The summed E-state index contributed by atoms with van der Waals surface area (Å²) >= 11 is 0. The van der Waals surface area contributed by atoms with Crippen molar-refractivity contribution in [3.8, 4) is 0 Å². The predicted octanol–water partition coefficient (Wildman–Crippen LogP) is 5.15. The Labute approximate surface area is 276 Å². The molecular formula is C37H45N3O7. The van der Waals surface area contributed by atoms with Crippen LogP contribution in [0.25, 0.3) is 0 Å². The maximum atomic E-state index is 13.8. The monoisotopic (exact) mass is 643 g/mol. The number of nitrogens with one attached hydrogen (secondary N) is 3. The summed E-state index contributed by atoms with van der Waals surface area (Å²) in [5.74, 6) is -3.00. The van der Waals surface area contributed by atoms with E-state index in [0.29, 0.717) is 6.42 Å². The number of rotatable bonds is 14. The average Bonchev–Trinajstić information content (AvgIpc) is 3.02. The van der Waals surface area contributed by atoms with Gasteiger partial charge in [-0.25, -0.2) is 14.4 Å². The van der Waals surface area contributed by atoms with Gasteiger partial charge in [0.15, 0.2) is 0 Å². The van der Waals surface area contributed by atoms with Gasteiger partial charge in [0.1, 0.15) is 23.7 Å². The molecule has 0 heterocycles. The zero-order valence-electron chi connectivity index (χ0n) is 27.7. The molecule has 0 aliphatic carbocycles. The lowest BCUT2D eigenvalue weighted by atomic mass is 10.00. The number of hydrogen-bond donors (Lipinski definition) is 3. The highest BCUT2D eigenvalue weighted by molar-refractivity contribution is 5.99. The lowest BCUT2D eigenvalue weighted by Gasteiger charge is -2.27. The van der Waals surface area contributed by atoms with E-state index in [1.165, 1.54) is 12.1 Å². The zero-order chi connectivity index (χ0) is 34.4. The maximum Gasteiger partial charge on any atom is 0.408 e. The molecule has 3 aromatic carbocycles. The minimum absolute atomic E-state index is 0.0215. The van der Waals surface area contributed by atoms with Gasteiger partial charge in [0.05, 0.1) is 5.56 Å². The molecule has 0 spiro atoms. The van der Waals surface area contributed by atoms with Crippen molar-refractivity contribution in [3.05, 3.63) is 108 Å². The molecule has 3 atom stereocenters. The smallest absolute Gasteiger partial charge is 0.408 e. The van der Waals surface area contributed by atoms with Crippen molar-refractivity contribution >= 4 is 29.8 Å². The van der Waals surface area contributed by atoms with Gasteiger partial charge < -0.3 is 25.4 Å². The first-order valence-electron chi connectivity index (χ1n) is 15.8. The Balaban J connectivity index is 1.80. The SMILES string of the molecule is CC(C)CC(NC(=O)[C@H](CCc1ccccc1)NC(=O)OC(C)(C)C)C(=O)N[C@@H](Cc1ccccc1)C(=O)OC(=O)c1ccccc1. The summed E-state index contributed by atoms with van der Waals surface area (Å²) < 4.78 is 10.6. The first-order chi connectivity index (χ1) is 22.3. The molecule has 0 aliphatic heterocycles. The van der Waals surface area contributed by atoms with Crippen molar-refractivity contribution in [1.82, 2.24) is 16.0 Å². The first-order valence-corrected chi connectivity index (χ1v) is 15.8. The number of hydrogen-bond acceptors (Lipinski definition) is 7. The Morgan fingerprint density at radius 2 is 1.17 bits per heavy atom. The fourth-order valence-corrected chi connectivity index (χ4v) is 4.76. The number of amides is 3. The van der Waals surface area contributed by atoms with Gasteiger partial charge in [-0.1, -0.05) is 92.7 Å². The second-order valence-corrected chi connectivity index (χ2v) is 12.7. The van der Waals surface area contributed by atoms with E-state index in [1.807, 2.05) is 50.2 Å². The fourth-order valence-electron chi connectivity index (χ4n) is 4.76. The van der Waals surface area contributed by atoms with E-state index in [9.17, 15) is 24.0 Å². The van der Waals surface area contributed by atoms with Crippen LogP contribution in [0.3, 0.4) is 0 Å². The van der Waals surface area contributed by atoms with Crippen molar-refractivity contribution in [3.63, 3.8) is 0 Å². The van der Waals surface area contributed by atoms with Crippen LogP contribution in [0.1, 0.15) is 68.9 Å². The number of aryl methyl sites for hydroxylation is 1. The first kappa shape index (κ1) is 36.5. The summed E-state index contributed by atoms with van der Waals surface area (Å²) in [6.45, 7) is 8.95. The lowest BCUT2D eigenvalue weighted by molar-refractivity contribution is -0.143. The Bertz CT molecular complexity index is 1470. The Morgan fingerprint density at radius 3 is 1.72 bits per heavy atom. The summed E-state index contributed by atoms with van der Waals surface area (Å²) in [5.41, 5.74) is 1.11. The third-order valence-corrected chi connectivity index (χ3v) is 7.00. The summed E-state index contributed by atoms with van der Waals surface area (Å²) in [6.07, 6.45) is 0.261. The van der Waals surface area contributed by atoms with Crippen LogP contribution in [0, 0.1) is 5.92 Å². The fraction of sp³-hybridized carbons (Fsp3) is 0.378. The van der Waals surface area contributed by atoms with Crippen LogP contribution in [0.15, 0.2) is 91.0 Å². The molecule has 1 unspecified atom stereocenters. The van der Waals surface area contributed by atoms with Crippen LogP contribution in [0.4, 0.5) is 4.79 Å². The maximum absolute atomic E-state index is 13.8. The van der Waals surface area contributed by atoms with Crippen LogP contribution in [0.2, 0.25) is 0 Å². The van der Waals surface area contributed by atoms with E-state index < -0.39 is 53.6 Å². The van der Waals surface area contributed by atoms with Crippen LogP contribution < -0.4 is 16.0 Å². The van der Waals surface area contributed by atoms with Crippen LogP contribution >= 0.6 is 0 Å². The van der Waals surface area contributed by atoms with Gasteiger partial charge >= 0.3 is 18.0 Å². The average molecular weight is 644 g/mol. The third kappa shape index (κ3) is 13.1. The van der Waals surface area contributed by atoms with Gasteiger partial charge in [0.2, 0.25) is 11.8 Å². The minimum Gasteiger partial charge on any atom is -0.444 e. The summed E-state index contributed by atoms with van der Waals surface area (Å²) in [5, 5.41) is 8.15. The van der Waals surface area contributed by atoms with E-state index in [2.05, 4.69) is 16.0 Å². The molecule has 0 aromatic heterocycles. The van der Waals surface area contributed by atoms with E-state index in [-0.39, 0.29) is 30.7 Å². The van der Waals surface area contributed by atoms with Crippen LogP contribution in [-0.4, -0.2) is 53.6 Å². The zero-order valence-corrected chi connectivity index (χ0v) is 27.7. The molecule has 3 N–H and O–H groups in total. The van der Waals surface area contributed by atoms with Gasteiger partial charge in [0.25, 0.3) is 0 Å². The van der Waals surface area contributed by atoms with Gasteiger partial charge in [0, 0.05) is 6.42 Å². The van der Waals surface area contributed by atoms with Gasteiger partial charge in [-0.2, -0.15) is 0 Å².